The van der Waals surface area contributed by atoms with E-state index in [1.165, 1.54) is 31.2 Å². The van der Waals surface area contributed by atoms with E-state index in [0.29, 0.717) is 12.1 Å². The van der Waals surface area contributed by atoms with Crippen molar-refractivity contribution in [2.75, 3.05) is 0 Å². The van der Waals surface area contributed by atoms with Gasteiger partial charge in [0.05, 0.1) is 0 Å². The lowest BCUT2D eigenvalue weighted by molar-refractivity contribution is 0.327. The Morgan fingerprint density at radius 3 is 2.53 bits per heavy atom. The molecule has 3 unspecified atom stereocenters. The van der Waals surface area contributed by atoms with E-state index < -0.39 is 0 Å². The summed E-state index contributed by atoms with van der Waals surface area (Å²) in [7, 11) is 0. The molecule has 0 spiro atoms. The lowest BCUT2D eigenvalue weighted by atomic mass is 9.94. The van der Waals surface area contributed by atoms with Crippen LogP contribution in [0.25, 0.3) is 0 Å². The molecule has 2 aliphatic carbocycles. The molecule has 0 aliphatic heterocycles. The van der Waals surface area contributed by atoms with E-state index in [9.17, 15) is 4.39 Å². The van der Waals surface area contributed by atoms with Crippen LogP contribution in [0.2, 0.25) is 0 Å². The van der Waals surface area contributed by atoms with Gasteiger partial charge in [0.15, 0.2) is 0 Å². The third-order valence-corrected chi connectivity index (χ3v) is 4.57. The fraction of sp³-hybridized carbons (Fsp3) is 0.600. The summed E-state index contributed by atoms with van der Waals surface area (Å²) in [6.07, 6.45) is 5.61. The van der Waals surface area contributed by atoms with Gasteiger partial charge in [-0.1, -0.05) is 18.6 Å². The van der Waals surface area contributed by atoms with E-state index in [1.807, 2.05) is 12.1 Å². The molecule has 0 heterocycles. The zero-order valence-electron chi connectivity index (χ0n) is 10.3. The van der Waals surface area contributed by atoms with E-state index in [1.54, 1.807) is 12.1 Å². The van der Waals surface area contributed by atoms with Gasteiger partial charge < -0.3 is 5.32 Å². The highest BCUT2D eigenvalue weighted by atomic mass is 19.1. The van der Waals surface area contributed by atoms with Gasteiger partial charge >= 0.3 is 0 Å². The van der Waals surface area contributed by atoms with E-state index in [0.717, 1.165) is 11.8 Å². The quantitative estimate of drug-likeness (QED) is 0.840. The lowest BCUT2D eigenvalue weighted by Gasteiger charge is -2.27. The maximum atomic E-state index is 12.9. The van der Waals surface area contributed by atoms with Crippen molar-refractivity contribution in [1.82, 2.24) is 5.32 Å². The maximum absolute atomic E-state index is 12.9. The summed E-state index contributed by atoms with van der Waals surface area (Å²) in [5.41, 5.74) is 1.19. The molecule has 0 aromatic heterocycles. The summed E-state index contributed by atoms with van der Waals surface area (Å²) < 4.78 is 12.9. The van der Waals surface area contributed by atoms with Crippen LogP contribution in [0.3, 0.4) is 0 Å². The van der Waals surface area contributed by atoms with E-state index in [-0.39, 0.29) is 5.82 Å². The summed E-state index contributed by atoms with van der Waals surface area (Å²) in [5, 5.41) is 3.72. The predicted molar refractivity (Wildman–Crippen MR) is 67.2 cm³/mol. The van der Waals surface area contributed by atoms with Crippen molar-refractivity contribution in [2.45, 2.75) is 44.7 Å². The van der Waals surface area contributed by atoms with Crippen LogP contribution in [-0.2, 0) is 0 Å². The monoisotopic (exact) mass is 233 g/mol. The van der Waals surface area contributed by atoms with Crippen molar-refractivity contribution in [2.24, 2.45) is 11.8 Å². The minimum Gasteiger partial charge on any atom is -0.307 e. The molecule has 1 aromatic carbocycles. The highest BCUT2D eigenvalue weighted by Gasteiger charge is 2.39. The van der Waals surface area contributed by atoms with Crippen molar-refractivity contribution in [3.05, 3.63) is 35.6 Å². The standard InChI is InChI=1S/C15H20FN/c1-10(12-4-6-14(16)7-5-12)17-15-9-11-2-3-13(15)8-11/h4-7,10-11,13,15,17H,2-3,8-9H2,1H3/t10-,11?,13?,15?/m0/s1. The molecule has 3 rings (SSSR count). The molecular weight excluding hydrogens is 213 g/mol. The molecule has 2 saturated carbocycles. The number of hydrogen-bond acceptors (Lipinski definition) is 1. The first-order valence-corrected chi connectivity index (χ1v) is 6.74. The fourth-order valence-corrected chi connectivity index (χ4v) is 3.62. The second-order valence-electron chi connectivity index (χ2n) is 5.72. The average molecular weight is 233 g/mol. The zero-order valence-corrected chi connectivity index (χ0v) is 10.3. The summed E-state index contributed by atoms with van der Waals surface area (Å²) in [4.78, 5) is 0. The van der Waals surface area contributed by atoms with Crippen molar-refractivity contribution in [3.63, 3.8) is 0 Å². The van der Waals surface area contributed by atoms with Crippen LogP contribution in [0.5, 0.6) is 0 Å². The molecule has 0 amide bonds. The Morgan fingerprint density at radius 1 is 1.18 bits per heavy atom. The van der Waals surface area contributed by atoms with Crippen molar-refractivity contribution in [3.8, 4) is 0 Å². The highest BCUT2D eigenvalue weighted by molar-refractivity contribution is 5.19. The van der Waals surface area contributed by atoms with Gasteiger partial charge in [-0.25, -0.2) is 4.39 Å². The Morgan fingerprint density at radius 2 is 1.94 bits per heavy atom. The molecule has 2 fully saturated rings. The second kappa shape index (κ2) is 4.41. The van der Waals surface area contributed by atoms with E-state index in [4.69, 9.17) is 0 Å². The van der Waals surface area contributed by atoms with Gasteiger partial charge in [0.25, 0.3) is 0 Å². The summed E-state index contributed by atoms with van der Waals surface area (Å²) in [6, 6.07) is 7.90. The molecule has 2 bridgehead atoms. The van der Waals surface area contributed by atoms with Gasteiger partial charge in [-0.3, -0.25) is 0 Å². The molecule has 1 N–H and O–H groups in total. The number of hydrogen-bond donors (Lipinski definition) is 1. The van der Waals surface area contributed by atoms with E-state index >= 15 is 0 Å². The molecule has 2 aliphatic rings. The SMILES string of the molecule is C[C@H](NC1CC2CCC1C2)c1ccc(F)cc1. The third-order valence-electron chi connectivity index (χ3n) is 4.57. The maximum Gasteiger partial charge on any atom is 0.123 e. The highest BCUT2D eigenvalue weighted by Crippen LogP contribution is 2.45. The Balaban J connectivity index is 1.63. The zero-order chi connectivity index (χ0) is 11.8. The molecule has 1 nitrogen and oxygen atoms in total. The predicted octanol–water partition coefficient (Wildman–Crippen LogP) is 3.66. The van der Waals surface area contributed by atoms with Crippen LogP contribution < -0.4 is 5.32 Å². The van der Waals surface area contributed by atoms with Crippen LogP contribution in [0.1, 0.15) is 44.2 Å². The Hall–Kier alpha value is -0.890. The van der Waals surface area contributed by atoms with Crippen molar-refractivity contribution in [1.29, 1.82) is 0 Å². The normalized spacial score (nSPS) is 32.9. The number of nitrogens with one attached hydrogen (secondary N) is 1. The summed E-state index contributed by atoms with van der Waals surface area (Å²) >= 11 is 0. The van der Waals surface area contributed by atoms with Gasteiger partial charge in [-0.05, 0) is 55.7 Å². The Kier molecular flexibility index (Phi) is 2.91. The van der Waals surface area contributed by atoms with Crippen LogP contribution in [-0.4, -0.2) is 6.04 Å². The smallest absolute Gasteiger partial charge is 0.123 e. The lowest BCUT2D eigenvalue weighted by Crippen LogP contribution is -2.35. The first-order chi connectivity index (χ1) is 8.22. The second-order valence-corrected chi connectivity index (χ2v) is 5.72. The van der Waals surface area contributed by atoms with Gasteiger partial charge in [0, 0.05) is 12.1 Å². The Labute approximate surface area is 102 Å². The molecule has 92 valence electrons. The molecule has 17 heavy (non-hydrogen) atoms. The average Bonchev–Trinajstić information content (AvgIpc) is 2.91. The molecule has 2 heteroatoms. The van der Waals surface area contributed by atoms with Gasteiger partial charge in [-0.15, -0.1) is 0 Å². The van der Waals surface area contributed by atoms with Crippen LogP contribution in [0, 0.1) is 17.7 Å². The first kappa shape index (κ1) is 11.2. The number of halogens is 1. The summed E-state index contributed by atoms with van der Waals surface area (Å²) in [5.74, 6) is 1.71. The minimum absolute atomic E-state index is 0.152. The topological polar surface area (TPSA) is 12.0 Å². The van der Waals surface area contributed by atoms with Crippen LogP contribution in [0.4, 0.5) is 4.39 Å². The number of benzene rings is 1. The van der Waals surface area contributed by atoms with Crippen molar-refractivity contribution >= 4 is 0 Å². The van der Waals surface area contributed by atoms with Crippen molar-refractivity contribution < 1.29 is 4.39 Å². The molecular formula is C15H20FN. The number of rotatable bonds is 3. The van der Waals surface area contributed by atoms with Gasteiger partial charge in [0.1, 0.15) is 5.82 Å². The number of fused-ring (bicyclic) bond motifs is 2. The van der Waals surface area contributed by atoms with E-state index in [2.05, 4.69) is 12.2 Å². The molecule has 0 radical (unpaired) electrons. The Bertz CT molecular complexity index is 386. The van der Waals surface area contributed by atoms with Gasteiger partial charge in [0.2, 0.25) is 0 Å². The fourth-order valence-electron chi connectivity index (χ4n) is 3.62. The van der Waals surface area contributed by atoms with Crippen LogP contribution in [0.15, 0.2) is 24.3 Å². The molecule has 4 atom stereocenters. The third kappa shape index (κ3) is 2.23. The first-order valence-electron chi connectivity index (χ1n) is 6.74. The largest absolute Gasteiger partial charge is 0.307 e. The molecule has 1 aromatic rings. The van der Waals surface area contributed by atoms with Crippen LogP contribution >= 0.6 is 0 Å². The summed E-state index contributed by atoms with van der Waals surface area (Å²) in [6.45, 7) is 2.18. The van der Waals surface area contributed by atoms with Gasteiger partial charge in [-0.2, -0.15) is 0 Å². The molecule has 0 saturated heterocycles. The minimum atomic E-state index is -0.152.